The predicted octanol–water partition coefficient (Wildman–Crippen LogP) is 12.0. The van der Waals surface area contributed by atoms with Crippen molar-refractivity contribution >= 4 is 43.4 Å². The largest absolute Gasteiger partial charge is 0.309 e. The van der Waals surface area contributed by atoms with Crippen molar-refractivity contribution in [2.75, 3.05) is 0 Å². The summed E-state index contributed by atoms with van der Waals surface area (Å²) in [6, 6.07) is 62.9. The summed E-state index contributed by atoms with van der Waals surface area (Å²) >= 11 is 0. The Labute approximate surface area is 273 Å². The van der Waals surface area contributed by atoms with E-state index in [2.05, 4.69) is 156 Å². The van der Waals surface area contributed by atoms with Gasteiger partial charge in [0.25, 0.3) is 0 Å². The van der Waals surface area contributed by atoms with Crippen LogP contribution < -0.4 is 0 Å². The van der Waals surface area contributed by atoms with Crippen LogP contribution >= 0.6 is 0 Å². The van der Waals surface area contributed by atoms with Crippen molar-refractivity contribution in [3.63, 3.8) is 0 Å². The molecule has 9 rings (SSSR count). The third-order valence-corrected chi connectivity index (χ3v) is 9.40. The number of para-hydroxylation sites is 1. The molecule has 0 aliphatic carbocycles. The van der Waals surface area contributed by atoms with E-state index < -0.39 is 0 Å². The van der Waals surface area contributed by atoms with Gasteiger partial charge in [0.15, 0.2) is 0 Å². The van der Waals surface area contributed by atoms with Crippen molar-refractivity contribution in [3.05, 3.63) is 175 Å². The lowest BCUT2D eigenvalue weighted by Gasteiger charge is -2.10. The highest BCUT2D eigenvalue weighted by Gasteiger charge is 2.13. The number of hydrogen-bond acceptors (Lipinski definition) is 1. The molecular weight excluding hydrogens is 569 g/mol. The van der Waals surface area contributed by atoms with Crippen molar-refractivity contribution < 1.29 is 0 Å². The summed E-state index contributed by atoms with van der Waals surface area (Å²) in [5.41, 5.74) is 11.3. The summed E-state index contributed by atoms with van der Waals surface area (Å²) in [7, 11) is 0. The Kier molecular flexibility index (Phi) is 6.23. The van der Waals surface area contributed by atoms with Crippen LogP contribution in [-0.2, 0) is 0 Å². The van der Waals surface area contributed by atoms with Gasteiger partial charge in [-0.3, -0.25) is 0 Å². The van der Waals surface area contributed by atoms with E-state index in [-0.39, 0.29) is 0 Å². The molecule has 0 amide bonds. The van der Waals surface area contributed by atoms with Crippen molar-refractivity contribution in [3.8, 4) is 45.1 Å². The Bertz CT molecular complexity index is 2670. The van der Waals surface area contributed by atoms with Crippen LogP contribution in [0.1, 0.15) is 5.56 Å². The molecule has 8 aromatic carbocycles. The molecule has 1 heterocycles. The monoisotopic (exact) mass is 596 g/mol. The maximum Gasteiger partial charge on any atom is 0.0991 e. The Morgan fingerprint density at radius 1 is 0.362 bits per heavy atom. The summed E-state index contributed by atoms with van der Waals surface area (Å²) < 4.78 is 2.28. The first-order valence-corrected chi connectivity index (χ1v) is 15.9. The van der Waals surface area contributed by atoms with Crippen molar-refractivity contribution in [2.45, 2.75) is 0 Å². The number of benzene rings is 8. The number of nitriles is 1. The summed E-state index contributed by atoms with van der Waals surface area (Å²) in [6.45, 7) is 0. The molecule has 1 aromatic heterocycles. The van der Waals surface area contributed by atoms with Gasteiger partial charge < -0.3 is 4.57 Å². The van der Waals surface area contributed by atoms with Crippen LogP contribution in [0.2, 0.25) is 0 Å². The quantitative estimate of drug-likeness (QED) is 0.199. The van der Waals surface area contributed by atoms with Crippen molar-refractivity contribution in [2.24, 2.45) is 0 Å². The molecule has 0 saturated heterocycles. The summed E-state index contributed by atoms with van der Waals surface area (Å²) in [6.07, 6.45) is 0. The number of nitrogens with zero attached hydrogens (tertiary/aromatic N) is 2. The highest BCUT2D eigenvalue weighted by molar-refractivity contribution is 6.10. The molecule has 0 fully saturated rings. The fraction of sp³-hybridized carbons (Fsp3) is 0. The van der Waals surface area contributed by atoms with Crippen LogP contribution in [0.4, 0.5) is 0 Å². The van der Waals surface area contributed by atoms with E-state index in [9.17, 15) is 5.26 Å². The molecule has 2 nitrogen and oxygen atoms in total. The van der Waals surface area contributed by atoms with E-state index in [4.69, 9.17) is 0 Å². The third kappa shape index (κ3) is 4.65. The minimum absolute atomic E-state index is 0.662. The lowest BCUT2D eigenvalue weighted by atomic mass is 9.95. The Hall–Kier alpha value is -6.43. The van der Waals surface area contributed by atoms with Crippen LogP contribution in [0.3, 0.4) is 0 Å². The van der Waals surface area contributed by atoms with Crippen LogP contribution in [0.5, 0.6) is 0 Å². The van der Waals surface area contributed by atoms with E-state index in [0.717, 1.165) is 16.7 Å². The Morgan fingerprint density at radius 2 is 0.830 bits per heavy atom. The molecular formula is C45H28N2. The topological polar surface area (TPSA) is 28.7 Å². The summed E-state index contributed by atoms with van der Waals surface area (Å²) in [5.74, 6) is 0. The number of hydrogen-bond donors (Lipinski definition) is 0. The van der Waals surface area contributed by atoms with Gasteiger partial charge in [-0.05, 0) is 116 Å². The van der Waals surface area contributed by atoms with E-state index >= 15 is 0 Å². The van der Waals surface area contributed by atoms with Gasteiger partial charge in [0.1, 0.15) is 0 Å². The molecule has 0 aliphatic rings. The minimum atomic E-state index is 0.662. The molecule has 0 saturated carbocycles. The lowest BCUT2D eigenvalue weighted by Crippen LogP contribution is -1.93. The van der Waals surface area contributed by atoms with Gasteiger partial charge in [-0.2, -0.15) is 5.26 Å². The van der Waals surface area contributed by atoms with Crippen molar-refractivity contribution in [1.82, 2.24) is 4.57 Å². The van der Waals surface area contributed by atoms with E-state index in [0.29, 0.717) is 5.56 Å². The van der Waals surface area contributed by atoms with Crippen LogP contribution in [-0.4, -0.2) is 4.57 Å². The molecule has 0 aliphatic heterocycles. The molecule has 9 aromatic rings. The average Bonchev–Trinajstić information content (AvgIpc) is 3.48. The van der Waals surface area contributed by atoms with Gasteiger partial charge >= 0.3 is 0 Å². The molecule has 0 unspecified atom stereocenters. The fourth-order valence-corrected chi connectivity index (χ4v) is 6.94. The van der Waals surface area contributed by atoms with Gasteiger partial charge in [-0.1, -0.05) is 109 Å². The lowest BCUT2D eigenvalue weighted by molar-refractivity contribution is 1.18. The second-order valence-electron chi connectivity index (χ2n) is 12.2. The highest BCUT2D eigenvalue weighted by atomic mass is 15.0. The molecule has 0 radical (unpaired) electrons. The smallest absolute Gasteiger partial charge is 0.0991 e. The zero-order chi connectivity index (χ0) is 31.3. The maximum atomic E-state index is 9.28. The molecule has 0 spiro atoms. The molecule has 0 N–H and O–H groups in total. The number of fused-ring (bicyclic) bond motifs is 5. The summed E-state index contributed by atoms with van der Waals surface area (Å²) in [4.78, 5) is 0. The maximum absolute atomic E-state index is 9.28. The molecule has 2 heteroatoms. The molecule has 47 heavy (non-hydrogen) atoms. The predicted molar refractivity (Wildman–Crippen MR) is 197 cm³/mol. The zero-order valence-corrected chi connectivity index (χ0v) is 25.6. The second-order valence-corrected chi connectivity index (χ2v) is 12.2. The minimum Gasteiger partial charge on any atom is -0.309 e. The normalized spacial score (nSPS) is 11.4. The summed E-state index contributed by atoms with van der Waals surface area (Å²) in [5, 5.41) is 16.7. The van der Waals surface area contributed by atoms with Gasteiger partial charge in [0, 0.05) is 16.5 Å². The third-order valence-electron chi connectivity index (χ3n) is 9.40. The van der Waals surface area contributed by atoms with Crippen LogP contribution in [0, 0.1) is 11.3 Å². The van der Waals surface area contributed by atoms with E-state index in [1.165, 1.54) is 65.7 Å². The van der Waals surface area contributed by atoms with Gasteiger partial charge in [-0.25, -0.2) is 0 Å². The van der Waals surface area contributed by atoms with Crippen LogP contribution in [0.25, 0.3) is 82.4 Å². The van der Waals surface area contributed by atoms with Gasteiger partial charge in [-0.15, -0.1) is 0 Å². The Balaban J connectivity index is 1.04. The second kappa shape index (κ2) is 10.9. The molecule has 0 bridgehead atoms. The number of rotatable bonds is 4. The molecule has 0 atom stereocenters. The Morgan fingerprint density at radius 3 is 1.49 bits per heavy atom. The fourth-order valence-electron chi connectivity index (χ4n) is 6.94. The molecule has 218 valence electrons. The van der Waals surface area contributed by atoms with Gasteiger partial charge in [0.05, 0.1) is 22.7 Å². The highest BCUT2D eigenvalue weighted by Crippen LogP contribution is 2.36. The SMILES string of the molecule is N#Cc1ccc(-n2c3ccccc3c3cc(-c4ccc(-c5ccc6cc(-c7ccc8ccccc8c7)ccc6c5)cc4)ccc32)cc1. The van der Waals surface area contributed by atoms with Crippen LogP contribution in [0.15, 0.2) is 170 Å². The first-order valence-electron chi connectivity index (χ1n) is 15.9. The van der Waals surface area contributed by atoms with Crippen molar-refractivity contribution in [1.29, 1.82) is 5.26 Å². The van der Waals surface area contributed by atoms with E-state index in [1.807, 2.05) is 24.3 Å². The van der Waals surface area contributed by atoms with E-state index in [1.54, 1.807) is 0 Å². The number of aromatic nitrogens is 1. The first-order chi connectivity index (χ1) is 23.2. The first kappa shape index (κ1) is 26.9. The van der Waals surface area contributed by atoms with Gasteiger partial charge in [0.2, 0.25) is 0 Å². The standard InChI is InChI=1S/C45H28N2/c46-29-30-9-22-41(23-10-30)47-44-8-4-3-7-42(44)43-28-40(21-24-45(43)47)33-13-11-32(12-14-33)35-17-18-38-27-39(20-19-37(38)26-35)36-16-15-31-5-1-2-6-34(31)25-36/h1-28H. The zero-order valence-electron chi connectivity index (χ0n) is 25.6. The average molecular weight is 597 g/mol.